The van der Waals surface area contributed by atoms with Crippen molar-refractivity contribution in [2.45, 2.75) is 29.6 Å². The Morgan fingerprint density at radius 1 is 0.781 bits per heavy atom. The van der Waals surface area contributed by atoms with Gasteiger partial charge >= 0.3 is 0 Å². The summed E-state index contributed by atoms with van der Waals surface area (Å²) in [7, 11) is 0. The summed E-state index contributed by atoms with van der Waals surface area (Å²) in [6.45, 7) is 8.88. The Morgan fingerprint density at radius 3 is 2.31 bits per heavy atom. The van der Waals surface area contributed by atoms with E-state index >= 15 is 0 Å². The summed E-state index contributed by atoms with van der Waals surface area (Å²) in [6, 6.07) is 23.9. The van der Waals surface area contributed by atoms with Gasteiger partial charge in [0.05, 0.1) is 11.4 Å². The molecule has 1 fully saturated rings. The summed E-state index contributed by atoms with van der Waals surface area (Å²) in [5, 5.41) is 0.806. The second-order valence-electron chi connectivity index (χ2n) is 8.70. The van der Waals surface area contributed by atoms with Crippen LogP contribution in [0.15, 0.2) is 76.5 Å². The van der Waals surface area contributed by atoms with Gasteiger partial charge in [-0.05, 0) is 80.4 Å². The molecule has 0 spiro atoms. The van der Waals surface area contributed by atoms with Crippen LogP contribution in [-0.4, -0.2) is 44.2 Å². The maximum atomic E-state index is 6.03. The number of unbranched alkanes of at least 4 members (excludes halogenated alkanes) is 1. The van der Waals surface area contributed by atoms with E-state index < -0.39 is 0 Å². The summed E-state index contributed by atoms with van der Waals surface area (Å²) in [6.07, 6.45) is 2.43. The highest BCUT2D eigenvalue weighted by molar-refractivity contribution is 7.99. The first-order valence-corrected chi connectivity index (χ1v) is 12.7. The molecule has 0 atom stereocenters. The number of piperazine rings is 1. The highest BCUT2D eigenvalue weighted by Gasteiger charge is 2.23. The number of nitrogens with zero attached hydrogens (tertiary/aromatic N) is 3. The standard InChI is InChI=1S/C27H30ClN3S/c1-21-8-13-27-25(20-21)31(24-6-2-3-7-26(24)32-27)15-5-4-14-29-16-18-30(19-17-29)23-11-9-22(28)10-12-23/h2-3,6-13,20H,4-5,14-19H2,1H3. The molecule has 2 aliphatic heterocycles. The van der Waals surface area contributed by atoms with Gasteiger partial charge in [-0.25, -0.2) is 0 Å². The fraction of sp³-hybridized carbons (Fsp3) is 0.333. The molecule has 3 aromatic rings. The SMILES string of the molecule is Cc1ccc2c(c1)N(CCCCN1CCN(c3ccc(Cl)cc3)CC1)c1ccccc1S2. The summed E-state index contributed by atoms with van der Waals surface area (Å²) < 4.78 is 0. The van der Waals surface area contributed by atoms with Gasteiger partial charge in [-0.3, -0.25) is 4.90 Å². The number of halogens is 1. The molecule has 0 amide bonds. The Labute approximate surface area is 201 Å². The van der Waals surface area contributed by atoms with Gasteiger partial charge in [-0.1, -0.05) is 41.6 Å². The molecule has 0 saturated carbocycles. The molecular formula is C27H30ClN3S. The van der Waals surface area contributed by atoms with Crippen molar-refractivity contribution >= 4 is 40.4 Å². The van der Waals surface area contributed by atoms with Crippen LogP contribution >= 0.6 is 23.4 Å². The van der Waals surface area contributed by atoms with E-state index in [1.165, 1.54) is 51.8 Å². The van der Waals surface area contributed by atoms with Crippen LogP contribution in [0.1, 0.15) is 18.4 Å². The fourth-order valence-corrected chi connectivity index (χ4v) is 5.87. The number of hydrogen-bond acceptors (Lipinski definition) is 4. The summed E-state index contributed by atoms with van der Waals surface area (Å²) in [5.41, 5.74) is 5.33. The summed E-state index contributed by atoms with van der Waals surface area (Å²) >= 11 is 7.93. The van der Waals surface area contributed by atoms with Crippen LogP contribution in [0.3, 0.4) is 0 Å². The average Bonchev–Trinajstić information content (AvgIpc) is 2.82. The van der Waals surface area contributed by atoms with Crippen molar-refractivity contribution < 1.29 is 0 Å². The van der Waals surface area contributed by atoms with Gasteiger partial charge < -0.3 is 9.80 Å². The summed E-state index contributed by atoms with van der Waals surface area (Å²) in [4.78, 5) is 10.3. The minimum absolute atomic E-state index is 0.806. The molecule has 5 heteroatoms. The van der Waals surface area contributed by atoms with Crippen molar-refractivity contribution in [3.8, 4) is 0 Å². The smallest absolute Gasteiger partial charge is 0.0555 e. The molecule has 32 heavy (non-hydrogen) atoms. The van der Waals surface area contributed by atoms with Gasteiger partial charge in [0.15, 0.2) is 0 Å². The lowest BCUT2D eigenvalue weighted by Crippen LogP contribution is -2.46. The molecule has 0 bridgehead atoms. The van der Waals surface area contributed by atoms with Gasteiger partial charge in [-0.15, -0.1) is 0 Å². The zero-order valence-electron chi connectivity index (χ0n) is 18.6. The van der Waals surface area contributed by atoms with E-state index in [1.807, 2.05) is 23.9 Å². The van der Waals surface area contributed by atoms with Crippen LogP contribution in [-0.2, 0) is 0 Å². The van der Waals surface area contributed by atoms with Crippen molar-refractivity contribution in [1.82, 2.24) is 4.90 Å². The second kappa shape index (κ2) is 9.78. The van der Waals surface area contributed by atoms with Crippen LogP contribution in [0.5, 0.6) is 0 Å². The largest absolute Gasteiger partial charge is 0.369 e. The number of para-hydroxylation sites is 1. The average molecular weight is 464 g/mol. The van der Waals surface area contributed by atoms with Gasteiger partial charge in [0.2, 0.25) is 0 Å². The van der Waals surface area contributed by atoms with E-state index in [0.717, 1.165) is 37.7 Å². The Kier molecular flexibility index (Phi) is 6.63. The third kappa shape index (κ3) is 4.78. The summed E-state index contributed by atoms with van der Waals surface area (Å²) in [5.74, 6) is 0. The maximum Gasteiger partial charge on any atom is 0.0555 e. The van der Waals surface area contributed by atoms with Gasteiger partial charge in [0.1, 0.15) is 0 Å². The van der Waals surface area contributed by atoms with Crippen LogP contribution < -0.4 is 9.80 Å². The van der Waals surface area contributed by atoms with E-state index in [0.29, 0.717) is 0 Å². The van der Waals surface area contributed by atoms with Crippen molar-refractivity contribution in [3.05, 3.63) is 77.3 Å². The van der Waals surface area contributed by atoms with Gasteiger partial charge in [0.25, 0.3) is 0 Å². The predicted octanol–water partition coefficient (Wildman–Crippen LogP) is 6.85. The van der Waals surface area contributed by atoms with Crippen LogP contribution in [0, 0.1) is 6.92 Å². The molecule has 5 rings (SSSR count). The second-order valence-corrected chi connectivity index (χ2v) is 10.2. The first kappa shape index (κ1) is 21.7. The van der Waals surface area contributed by atoms with Crippen molar-refractivity contribution in [2.24, 2.45) is 0 Å². The topological polar surface area (TPSA) is 9.72 Å². The third-order valence-corrected chi connectivity index (χ3v) is 7.83. The van der Waals surface area contributed by atoms with Crippen LogP contribution in [0.2, 0.25) is 5.02 Å². The maximum absolute atomic E-state index is 6.03. The number of hydrogen-bond donors (Lipinski definition) is 0. The molecule has 0 radical (unpaired) electrons. The van der Waals surface area contributed by atoms with Crippen molar-refractivity contribution in [3.63, 3.8) is 0 Å². The minimum atomic E-state index is 0.806. The molecular weight excluding hydrogens is 434 g/mol. The number of benzene rings is 3. The predicted molar refractivity (Wildman–Crippen MR) is 138 cm³/mol. The molecule has 0 aromatic heterocycles. The number of aryl methyl sites for hydroxylation is 1. The Hall–Kier alpha value is -2.14. The molecule has 1 saturated heterocycles. The number of fused-ring (bicyclic) bond motifs is 2. The van der Waals surface area contributed by atoms with Crippen LogP contribution in [0.4, 0.5) is 17.1 Å². The molecule has 0 unspecified atom stereocenters. The third-order valence-electron chi connectivity index (χ3n) is 6.45. The number of anilines is 3. The lowest BCUT2D eigenvalue weighted by Gasteiger charge is -2.36. The molecule has 2 aliphatic rings. The monoisotopic (exact) mass is 463 g/mol. The molecule has 0 N–H and O–H groups in total. The Morgan fingerprint density at radius 2 is 1.50 bits per heavy atom. The Balaban J connectivity index is 1.15. The molecule has 2 heterocycles. The lowest BCUT2D eigenvalue weighted by molar-refractivity contribution is 0.253. The molecule has 166 valence electrons. The van der Waals surface area contributed by atoms with Crippen LogP contribution in [0.25, 0.3) is 0 Å². The minimum Gasteiger partial charge on any atom is -0.369 e. The first-order valence-electron chi connectivity index (χ1n) is 11.6. The highest BCUT2D eigenvalue weighted by atomic mass is 35.5. The van der Waals surface area contributed by atoms with E-state index in [-0.39, 0.29) is 0 Å². The highest BCUT2D eigenvalue weighted by Crippen LogP contribution is 2.48. The normalized spacial score (nSPS) is 16.1. The van der Waals surface area contributed by atoms with Gasteiger partial charge in [0, 0.05) is 53.2 Å². The molecule has 3 aromatic carbocycles. The van der Waals surface area contributed by atoms with Gasteiger partial charge in [-0.2, -0.15) is 0 Å². The van der Waals surface area contributed by atoms with E-state index in [2.05, 4.69) is 76.2 Å². The molecule has 0 aliphatic carbocycles. The fourth-order valence-electron chi connectivity index (χ4n) is 4.67. The number of rotatable bonds is 6. The van der Waals surface area contributed by atoms with E-state index in [9.17, 15) is 0 Å². The lowest BCUT2D eigenvalue weighted by atomic mass is 10.1. The van der Waals surface area contributed by atoms with Crippen molar-refractivity contribution in [1.29, 1.82) is 0 Å². The van der Waals surface area contributed by atoms with E-state index in [1.54, 1.807) is 0 Å². The zero-order valence-corrected chi connectivity index (χ0v) is 20.2. The van der Waals surface area contributed by atoms with Crippen molar-refractivity contribution in [2.75, 3.05) is 49.1 Å². The first-order chi connectivity index (χ1) is 15.7. The molecule has 3 nitrogen and oxygen atoms in total. The Bertz CT molecular complexity index is 1060. The zero-order chi connectivity index (χ0) is 21.9. The quantitative estimate of drug-likeness (QED) is 0.369. The van der Waals surface area contributed by atoms with E-state index in [4.69, 9.17) is 11.6 Å².